The Hall–Kier alpha value is -0.910. The highest BCUT2D eigenvalue weighted by Crippen LogP contribution is 2.44. The molecule has 0 aliphatic carbocycles. The summed E-state index contributed by atoms with van der Waals surface area (Å²) in [5.41, 5.74) is 0. The summed E-state index contributed by atoms with van der Waals surface area (Å²) in [5, 5.41) is 18.7. The van der Waals surface area contributed by atoms with Gasteiger partial charge in [-0.25, -0.2) is 0 Å². The first-order chi connectivity index (χ1) is 12.1. The van der Waals surface area contributed by atoms with Gasteiger partial charge >= 0.3 is 5.97 Å². The summed E-state index contributed by atoms with van der Waals surface area (Å²) in [5.74, 6) is -0.0555. The lowest BCUT2D eigenvalue weighted by molar-refractivity contribution is -0.137. The number of aliphatic hydroxyl groups excluding tert-OH is 1. The smallest absolute Gasteiger partial charge is 0.303 e. The van der Waals surface area contributed by atoms with Crippen LogP contribution in [0.25, 0.3) is 0 Å². The Balaban J connectivity index is 1.71. The van der Waals surface area contributed by atoms with Crippen LogP contribution in [0, 0.1) is 11.8 Å². The van der Waals surface area contributed by atoms with E-state index in [0.29, 0.717) is 31.5 Å². The van der Waals surface area contributed by atoms with Gasteiger partial charge in [0, 0.05) is 24.9 Å². The number of carboxylic acids is 1. The summed E-state index contributed by atoms with van der Waals surface area (Å²) in [4.78, 5) is 10.5. The highest BCUT2D eigenvalue weighted by Gasteiger charge is 2.47. The van der Waals surface area contributed by atoms with Crippen molar-refractivity contribution in [2.45, 2.75) is 83.0 Å². The fourth-order valence-corrected chi connectivity index (χ4v) is 3.95. The second kappa shape index (κ2) is 10.9. The van der Waals surface area contributed by atoms with Crippen LogP contribution in [-0.4, -0.2) is 47.7 Å². The van der Waals surface area contributed by atoms with E-state index in [1.54, 1.807) is 0 Å². The lowest BCUT2D eigenvalue weighted by atomic mass is 9.79. The first-order valence-electron chi connectivity index (χ1n) is 9.93. The Bertz CT molecular complexity index is 422. The molecule has 1 unspecified atom stereocenters. The topological polar surface area (TPSA) is 76.0 Å². The predicted molar refractivity (Wildman–Crippen MR) is 96.5 cm³/mol. The summed E-state index contributed by atoms with van der Waals surface area (Å²) >= 11 is 0. The maximum Gasteiger partial charge on any atom is 0.303 e. The predicted octanol–water partition coefficient (Wildman–Crippen LogP) is 3.55. The van der Waals surface area contributed by atoms with E-state index in [1.165, 1.54) is 12.8 Å². The molecule has 2 saturated heterocycles. The Kier molecular flexibility index (Phi) is 8.93. The maximum absolute atomic E-state index is 10.5. The molecule has 5 nitrogen and oxygen atoms in total. The minimum atomic E-state index is -0.746. The van der Waals surface area contributed by atoms with Crippen LogP contribution in [0.15, 0.2) is 12.2 Å². The third-order valence-corrected chi connectivity index (χ3v) is 5.39. The molecule has 5 heteroatoms. The highest BCUT2D eigenvalue weighted by molar-refractivity contribution is 5.66. The van der Waals surface area contributed by atoms with Gasteiger partial charge in [-0.15, -0.1) is 0 Å². The van der Waals surface area contributed by atoms with Crippen LogP contribution in [0.4, 0.5) is 0 Å². The van der Waals surface area contributed by atoms with Gasteiger partial charge in [-0.05, 0) is 32.1 Å². The van der Waals surface area contributed by atoms with Gasteiger partial charge in [0.2, 0.25) is 0 Å². The molecule has 2 aliphatic heterocycles. The van der Waals surface area contributed by atoms with Gasteiger partial charge in [-0.3, -0.25) is 4.79 Å². The summed E-state index contributed by atoms with van der Waals surface area (Å²) in [6.45, 7) is 3.44. The second-order valence-electron chi connectivity index (χ2n) is 7.41. The zero-order valence-electron chi connectivity index (χ0n) is 15.4. The second-order valence-corrected chi connectivity index (χ2v) is 7.41. The van der Waals surface area contributed by atoms with Crippen molar-refractivity contribution < 1.29 is 24.5 Å². The molecular formula is C20H34O5. The minimum Gasteiger partial charge on any atom is -0.481 e. The lowest BCUT2D eigenvalue weighted by Gasteiger charge is -2.25. The van der Waals surface area contributed by atoms with Gasteiger partial charge in [0.05, 0.1) is 24.9 Å². The fraction of sp³-hybridized carbons (Fsp3) is 0.850. The van der Waals surface area contributed by atoms with E-state index in [2.05, 4.69) is 13.0 Å². The van der Waals surface area contributed by atoms with Crippen molar-refractivity contribution in [2.75, 3.05) is 13.2 Å². The van der Waals surface area contributed by atoms with Crippen LogP contribution in [0.2, 0.25) is 0 Å². The van der Waals surface area contributed by atoms with Gasteiger partial charge in [-0.2, -0.15) is 0 Å². The van der Waals surface area contributed by atoms with Crippen molar-refractivity contribution in [3.8, 4) is 0 Å². The van der Waals surface area contributed by atoms with Gasteiger partial charge in [0.1, 0.15) is 0 Å². The normalized spacial score (nSPS) is 29.5. The van der Waals surface area contributed by atoms with Crippen molar-refractivity contribution in [3.05, 3.63) is 12.2 Å². The van der Waals surface area contributed by atoms with E-state index in [1.807, 2.05) is 6.08 Å². The van der Waals surface area contributed by atoms with E-state index in [0.717, 1.165) is 32.1 Å². The molecule has 0 saturated carbocycles. The van der Waals surface area contributed by atoms with E-state index < -0.39 is 5.97 Å². The minimum absolute atomic E-state index is 0.210. The molecule has 0 radical (unpaired) electrons. The molecule has 0 aromatic rings. The molecule has 0 aromatic carbocycles. The monoisotopic (exact) mass is 354 g/mol. The average molecular weight is 354 g/mol. The third-order valence-electron chi connectivity index (χ3n) is 5.39. The molecule has 2 heterocycles. The Labute approximate surface area is 151 Å². The zero-order chi connectivity index (χ0) is 18.1. The molecular weight excluding hydrogens is 320 g/mol. The van der Waals surface area contributed by atoms with E-state index in [4.69, 9.17) is 14.6 Å². The number of rotatable bonds is 13. The van der Waals surface area contributed by atoms with Crippen LogP contribution in [0.1, 0.15) is 64.7 Å². The number of carboxylic acid groups (broad SMARTS) is 1. The number of fused-ring (bicyclic) bond motifs is 2. The summed E-state index contributed by atoms with van der Waals surface area (Å²) in [6.07, 6.45) is 12.4. The lowest BCUT2D eigenvalue weighted by Crippen LogP contribution is -2.30. The molecule has 2 fully saturated rings. The highest BCUT2D eigenvalue weighted by atomic mass is 16.5. The van der Waals surface area contributed by atoms with Crippen LogP contribution in [0.5, 0.6) is 0 Å². The molecule has 2 rings (SSSR count). The van der Waals surface area contributed by atoms with Crippen molar-refractivity contribution >= 4 is 5.97 Å². The quantitative estimate of drug-likeness (QED) is 0.391. The number of unbranched alkanes of at least 4 members (excludes halogenated alkanes) is 3. The third kappa shape index (κ3) is 6.72. The number of aliphatic carboxylic acids is 1. The van der Waals surface area contributed by atoms with Gasteiger partial charge in [-0.1, -0.05) is 38.3 Å². The molecule has 25 heavy (non-hydrogen) atoms. The first kappa shape index (κ1) is 20.4. The van der Waals surface area contributed by atoms with Crippen molar-refractivity contribution in [3.63, 3.8) is 0 Å². The molecule has 0 amide bonds. The molecule has 0 spiro atoms. The largest absolute Gasteiger partial charge is 0.481 e. The Morgan fingerprint density at radius 1 is 1.24 bits per heavy atom. The van der Waals surface area contributed by atoms with Crippen molar-refractivity contribution in [1.29, 1.82) is 0 Å². The van der Waals surface area contributed by atoms with Crippen LogP contribution < -0.4 is 0 Å². The van der Waals surface area contributed by atoms with Gasteiger partial charge in [0.25, 0.3) is 0 Å². The Morgan fingerprint density at radius 2 is 2.04 bits per heavy atom. The van der Waals surface area contributed by atoms with Crippen molar-refractivity contribution in [2.24, 2.45) is 11.8 Å². The average Bonchev–Trinajstić information content (AvgIpc) is 3.17. The van der Waals surface area contributed by atoms with E-state index >= 15 is 0 Å². The standard InChI is InChI=1S/C20H34O5/c1-2-3-4-7-15(21)9-10-16-17(19-12-11-18(16)25-19)14-24-13-6-5-8-20(22)23/h9-10,15-19,21H,2-8,11-14H2,1H3,(H,22,23)/t15?,16-,17+,18-,19+/m1/s1. The molecule has 2 N–H and O–H groups in total. The van der Waals surface area contributed by atoms with E-state index in [9.17, 15) is 9.90 Å². The number of carbonyl (C=O) groups is 1. The number of hydrogen-bond acceptors (Lipinski definition) is 4. The van der Waals surface area contributed by atoms with Crippen LogP contribution >= 0.6 is 0 Å². The molecule has 144 valence electrons. The Morgan fingerprint density at radius 3 is 2.80 bits per heavy atom. The SMILES string of the molecule is CCCCCC(O)C=C[C@@H]1[C@H](COCCCCC(=O)O)[C@@H]2CC[C@H]1O2. The van der Waals surface area contributed by atoms with Gasteiger partial charge < -0.3 is 19.7 Å². The maximum atomic E-state index is 10.5. The summed E-state index contributed by atoms with van der Waals surface area (Å²) < 4.78 is 11.8. The number of hydrogen-bond donors (Lipinski definition) is 2. The molecule has 2 bridgehead atoms. The molecule has 2 aliphatic rings. The van der Waals surface area contributed by atoms with Crippen LogP contribution in [0.3, 0.4) is 0 Å². The van der Waals surface area contributed by atoms with E-state index in [-0.39, 0.29) is 24.7 Å². The number of aliphatic hydroxyl groups is 1. The summed E-state index contributed by atoms with van der Waals surface area (Å²) in [7, 11) is 0. The first-order valence-corrected chi connectivity index (χ1v) is 9.93. The van der Waals surface area contributed by atoms with Crippen LogP contribution in [-0.2, 0) is 14.3 Å². The van der Waals surface area contributed by atoms with Gasteiger partial charge in [0.15, 0.2) is 0 Å². The number of ether oxygens (including phenoxy) is 2. The molecule has 5 atom stereocenters. The zero-order valence-corrected chi connectivity index (χ0v) is 15.4. The molecule has 0 aromatic heterocycles. The fourth-order valence-electron chi connectivity index (χ4n) is 3.95. The van der Waals surface area contributed by atoms with Crippen molar-refractivity contribution in [1.82, 2.24) is 0 Å². The summed E-state index contributed by atoms with van der Waals surface area (Å²) in [6, 6.07) is 0.